The number of carbonyl (C=O) groups is 1. The molecule has 0 saturated heterocycles. The average Bonchev–Trinajstić information content (AvgIpc) is 2.57. The second-order valence-corrected chi connectivity index (χ2v) is 5.83. The van der Waals surface area contributed by atoms with E-state index in [0.717, 1.165) is 42.3 Å². The van der Waals surface area contributed by atoms with Gasteiger partial charge in [0.15, 0.2) is 0 Å². The molecule has 2 nitrogen and oxygen atoms in total. The number of allylic oxidation sites excluding steroid dienone is 3. The molecular weight excluding hydrogens is 284 g/mol. The fraction of sp³-hybridized carbons (Fsp3) is 0.381. The smallest absolute Gasteiger partial charge is 0.145 e. The molecular formula is C21H28O2. The number of aldehydes is 1. The lowest BCUT2D eigenvalue weighted by Gasteiger charge is -2.14. The molecule has 0 aliphatic rings. The van der Waals surface area contributed by atoms with Crippen molar-refractivity contribution in [3.8, 4) is 0 Å². The number of hydrogen-bond acceptors (Lipinski definition) is 2. The quantitative estimate of drug-likeness (QED) is 0.227. The normalized spacial score (nSPS) is 12.7. The van der Waals surface area contributed by atoms with E-state index in [1.807, 2.05) is 49.4 Å². The number of ether oxygens (including phenoxy) is 1. The molecule has 1 rings (SSSR count). The Hall–Kier alpha value is -1.93. The highest BCUT2D eigenvalue weighted by Crippen LogP contribution is 2.21. The summed E-state index contributed by atoms with van der Waals surface area (Å²) in [7, 11) is 0. The third-order valence-corrected chi connectivity index (χ3v) is 3.88. The van der Waals surface area contributed by atoms with Crippen molar-refractivity contribution in [1.29, 1.82) is 0 Å². The highest BCUT2D eigenvalue weighted by molar-refractivity contribution is 5.73. The summed E-state index contributed by atoms with van der Waals surface area (Å²) < 4.78 is 5.64. The van der Waals surface area contributed by atoms with Crippen molar-refractivity contribution in [2.45, 2.75) is 39.2 Å². The van der Waals surface area contributed by atoms with Crippen LogP contribution in [0.2, 0.25) is 0 Å². The summed E-state index contributed by atoms with van der Waals surface area (Å²) >= 11 is 0. The Labute approximate surface area is 140 Å². The first-order valence-corrected chi connectivity index (χ1v) is 8.19. The molecule has 124 valence electrons. The molecule has 23 heavy (non-hydrogen) atoms. The van der Waals surface area contributed by atoms with E-state index >= 15 is 0 Å². The summed E-state index contributed by atoms with van der Waals surface area (Å²) in [5.41, 5.74) is 3.12. The van der Waals surface area contributed by atoms with Crippen LogP contribution in [0.4, 0.5) is 0 Å². The SMILES string of the molecule is C=CCCC(C/C=C(\C=O)CCOCc1ccccc1)C(=C)C. The Balaban J connectivity index is 2.37. The van der Waals surface area contributed by atoms with E-state index in [2.05, 4.69) is 13.2 Å². The van der Waals surface area contributed by atoms with Crippen LogP contribution in [-0.2, 0) is 16.1 Å². The summed E-state index contributed by atoms with van der Waals surface area (Å²) in [4.78, 5) is 11.2. The van der Waals surface area contributed by atoms with Crippen LogP contribution in [-0.4, -0.2) is 12.9 Å². The fourth-order valence-corrected chi connectivity index (χ4v) is 2.34. The first kappa shape index (κ1) is 19.1. The highest BCUT2D eigenvalue weighted by atomic mass is 16.5. The zero-order chi connectivity index (χ0) is 16.9. The molecule has 1 aromatic carbocycles. The van der Waals surface area contributed by atoms with Gasteiger partial charge in [-0.25, -0.2) is 0 Å². The fourth-order valence-electron chi connectivity index (χ4n) is 2.34. The Morgan fingerprint density at radius 1 is 1.30 bits per heavy atom. The van der Waals surface area contributed by atoms with Crippen LogP contribution in [0.15, 0.2) is 66.8 Å². The van der Waals surface area contributed by atoms with E-state index in [1.54, 1.807) is 0 Å². The second kappa shape index (κ2) is 11.6. The number of benzene rings is 1. The maximum absolute atomic E-state index is 11.2. The number of hydrogen-bond donors (Lipinski definition) is 0. The lowest BCUT2D eigenvalue weighted by molar-refractivity contribution is -0.105. The van der Waals surface area contributed by atoms with Crippen molar-refractivity contribution in [2.75, 3.05) is 6.61 Å². The van der Waals surface area contributed by atoms with Crippen LogP contribution in [0.1, 0.15) is 38.2 Å². The van der Waals surface area contributed by atoms with Gasteiger partial charge in [0.2, 0.25) is 0 Å². The van der Waals surface area contributed by atoms with E-state index < -0.39 is 0 Å². The first-order valence-electron chi connectivity index (χ1n) is 8.19. The van der Waals surface area contributed by atoms with E-state index in [9.17, 15) is 4.79 Å². The molecule has 0 aromatic heterocycles. The van der Waals surface area contributed by atoms with Gasteiger partial charge < -0.3 is 4.74 Å². The predicted octanol–water partition coefficient (Wildman–Crippen LogP) is 5.27. The van der Waals surface area contributed by atoms with Crippen LogP contribution in [0.3, 0.4) is 0 Å². The predicted molar refractivity (Wildman–Crippen MR) is 97.2 cm³/mol. The maximum atomic E-state index is 11.2. The minimum absolute atomic E-state index is 0.410. The zero-order valence-corrected chi connectivity index (χ0v) is 14.2. The lowest BCUT2D eigenvalue weighted by atomic mass is 9.92. The largest absolute Gasteiger partial charge is 0.376 e. The molecule has 0 saturated carbocycles. The van der Waals surface area contributed by atoms with E-state index in [4.69, 9.17) is 4.74 Å². The van der Waals surface area contributed by atoms with Gasteiger partial charge in [0.05, 0.1) is 13.2 Å². The number of rotatable bonds is 12. The second-order valence-electron chi connectivity index (χ2n) is 5.83. The Kier molecular flexibility index (Phi) is 9.65. The summed E-state index contributed by atoms with van der Waals surface area (Å²) in [6.07, 6.45) is 8.42. The van der Waals surface area contributed by atoms with Crippen molar-refractivity contribution >= 4 is 6.29 Å². The molecule has 0 aliphatic heterocycles. The highest BCUT2D eigenvalue weighted by Gasteiger charge is 2.07. The van der Waals surface area contributed by atoms with Crippen LogP contribution >= 0.6 is 0 Å². The molecule has 0 heterocycles. The van der Waals surface area contributed by atoms with E-state index in [-0.39, 0.29) is 0 Å². The lowest BCUT2D eigenvalue weighted by Crippen LogP contribution is -2.02. The van der Waals surface area contributed by atoms with Gasteiger partial charge >= 0.3 is 0 Å². The van der Waals surface area contributed by atoms with Crippen LogP contribution in [0.5, 0.6) is 0 Å². The summed E-state index contributed by atoms with van der Waals surface area (Å²) in [5, 5.41) is 0. The Morgan fingerprint density at radius 2 is 2.04 bits per heavy atom. The van der Waals surface area contributed by atoms with Crippen LogP contribution in [0.25, 0.3) is 0 Å². The molecule has 0 aliphatic carbocycles. The summed E-state index contributed by atoms with van der Waals surface area (Å²) in [6, 6.07) is 10.1. The number of carbonyl (C=O) groups excluding carboxylic acids is 1. The first-order chi connectivity index (χ1) is 11.2. The molecule has 0 radical (unpaired) electrons. The monoisotopic (exact) mass is 312 g/mol. The Morgan fingerprint density at radius 3 is 2.65 bits per heavy atom. The minimum atomic E-state index is 0.410. The van der Waals surface area contributed by atoms with Gasteiger partial charge in [0, 0.05) is 0 Å². The average molecular weight is 312 g/mol. The van der Waals surface area contributed by atoms with Crippen molar-refractivity contribution in [3.63, 3.8) is 0 Å². The topological polar surface area (TPSA) is 26.3 Å². The Bertz CT molecular complexity index is 514. The molecule has 1 unspecified atom stereocenters. The van der Waals surface area contributed by atoms with E-state index in [0.29, 0.717) is 25.6 Å². The van der Waals surface area contributed by atoms with Gasteiger partial charge in [-0.2, -0.15) is 0 Å². The van der Waals surface area contributed by atoms with Gasteiger partial charge in [-0.1, -0.05) is 54.6 Å². The maximum Gasteiger partial charge on any atom is 0.145 e. The standard InChI is InChI=1S/C21H28O2/c1-4-5-11-21(18(2)3)13-12-19(16-22)14-15-23-17-20-9-7-6-8-10-20/h4,6-10,12,16,21H,1-2,5,11,13-15,17H2,3H3/b19-12-. The van der Waals surface area contributed by atoms with Gasteiger partial charge in [-0.15, -0.1) is 6.58 Å². The van der Waals surface area contributed by atoms with Crippen molar-refractivity contribution in [1.82, 2.24) is 0 Å². The van der Waals surface area contributed by atoms with Crippen molar-refractivity contribution < 1.29 is 9.53 Å². The van der Waals surface area contributed by atoms with Crippen molar-refractivity contribution in [3.05, 3.63) is 72.4 Å². The third kappa shape index (κ3) is 8.32. The van der Waals surface area contributed by atoms with Gasteiger partial charge in [0.1, 0.15) is 6.29 Å². The van der Waals surface area contributed by atoms with E-state index in [1.165, 1.54) is 0 Å². The van der Waals surface area contributed by atoms with Gasteiger partial charge in [-0.3, -0.25) is 4.79 Å². The molecule has 0 N–H and O–H groups in total. The third-order valence-electron chi connectivity index (χ3n) is 3.88. The molecule has 1 aromatic rings. The van der Waals surface area contributed by atoms with Gasteiger partial charge in [0.25, 0.3) is 0 Å². The summed E-state index contributed by atoms with van der Waals surface area (Å²) in [5.74, 6) is 0.410. The molecule has 2 heteroatoms. The van der Waals surface area contributed by atoms with Crippen LogP contribution in [0, 0.1) is 5.92 Å². The molecule has 1 atom stereocenters. The molecule has 0 amide bonds. The van der Waals surface area contributed by atoms with Crippen LogP contribution < -0.4 is 0 Å². The van der Waals surface area contributed by atoms with Crippen molar-refractivity contribution in [2.24, 2.45) is 5.92 Å². The van der Waals surface area contributed by atoms with Gasteiger partial charge in [-0.05, 0) is 49.7 Å². The molecule has 0 bridgehead atoms. The molecule has 0 spiro atoms. The molecule has 0 fully saturated rings. The summed E-state index contributed by atoms with van der Waals surface area (Å²) in [6.45, 7) is 11.0. The minimum Gasteiger partial charge on any atom is -0.376 e. The zero-order valence-electron chi connectivity index (χ0n) is 14.2.